The number of likely N-dealkylation sites (N-methyl/N-ethyl adjacent to an activating group) is 1. The largest absolute Gasteiger partial charge is 0.497 e. The van der Waals surface area contributed by atoms with Crippen molar-refractivity contribution < 1.29 is 14.3 Å². The first-order valence-electron chi connectivity index (χ1n) is 9.28. The van der Waals surface area contributed by atoms with Crippen LogP contribution < -0.4 is 15.4 Å². The molecule has 0 spiro atoms. The first kappa shape index (κ1) is 21.4. The van der Waals surface area contributed by atoms with E-state index in [2.05, 4.69) is 10.6 Å². The molecule has 0 aliphatic heterocycles. The summed E-state index contributed by atoms with van der Waals surface area (Å²) in [4.78, 5) is 26.5. The van der Waals surface area contributed by atoms with E-state index in [4.69, 9.17) is 4.74 Å². The quantitative estimate of drug-likeness (QED) is 0.735. The van der Waals surface area contributed by atoms with Crippen LogP contribution in [0.1, 0.15) is 23.6 Å². The number of nitrogens with zero attached hydrogens (tertiary/aromatic N) is 1. The lowest BCUT2D eigenvalue weighted by atomic mass is 10.1. The minimum Gasteiger partial charge on any atom is -0.497 e. The minimum atomic E-state index is -0.428. The van der Waals surface area contributed by atoms with Crippen molar-refractivity contribution in [2.24, 2.45) is 0 Å². The van der Waals surface area contributed by atoms with Gasteiger partial charge >= 0.3 is 0 Å². The Balaban J connectivity index is 1.84. The second-order valence-electron chi connectivity index (χ2n) is 7.02. The summed E-state index contributed by atoms with van der Waals surface area (Å²) in [7, 11) is 3.38. The van der Waals surface area contributed by atoms with Gasteiger partial charge in [0.1, 0.15) is 5.75 Å². The Kier molecular flexibility index (Phi) is 7.58. The third-order valence-electron chi connectivity index (χ3n) is 4.73. The zero-order valence-corrected chi connectivity index (χ0v) is 17.2. The molecule has 0 aliphatic carbocycles. The fourth-order valence-electron chi connectivity index (χ4n) is 2.70. The molecule has 0 saturated heterocycles. The van der Waals surface area contributed by atoms with Crippen LogP contribution in [-0.4, -0.2) is 43.5 Å². The molecule has 2 rings (SSSR count). The standard InChI is InChI=1S/C22H29N3O3/c1-15-6-7-16(2)20(12-15)24-21(26)14-25(4)17(3)22(27)23-13-18-8-10-19(28-5)11-9-18/h6-12,17H,13-14H2,1-5H3,(H,23,27)(H,24,26)/t17-/m0/s1. The molecule has 2 amide bonds. The number of benzene rings is 2. The topological polar surface area (TPSA) is 70.7 Å². The molecule has 0 radical (unpaired) electrons. The number of carbonyl (C=O) groups is 2. The number of carbonyl (C=O) groups excluding carboxylic acids is 2. The fourth-order valence-corrected chi connectivity index (χ4v) is 2.70. The Labute approximate surface area is 166 Å². The van der Waals surface area contributed by atoms with E-state index in [9.17, 15) is 9.59 Å². The maximum atomic E-state index is 12.4. The molecule has 6 heteroatoms. The molecule has 0 aromatic heterocycles. The van der Waals surface area contributed by atoms with Crippen LogP contribution in [0.15, 0.2) is 42.5 Å². The lowest BCUT2D eigenvalue weighted by Gasteiger charge is -2.23. The highest BCUT2D eigenvalue weighted by molar-refractivity contribution is 5.93. The molecule has 1 atom stereocenters. The molecular formula is C22H29N3O3. The van der Waals surface area contributed by atoms with Crippen LogP contribution in [0.3, 0.4) is 0 Å². The van der Waals surface area contributed by atoms with E-state index >= 15 is 0 Å². The summed E-state index contributed by atoms with van der Waals surface area (Å²) < 4.78 is 5.13. The molecule has 0 bridgehead atoms. The second kappa shape index (κ2) is 9.90. The Morgan fingerprint density at radius 3 is 2.43 bits per heavy atom. The summed E-state index contributed by atoms with van der Waals surface area (Å²) in [5.74, 6) is 0.502. The number of rotatable bonds is 8. The minimum absolute atomic E-state index is 0.127. The highest BCUT2D eigenvalue weighted by Crippen LogP contribution is 2.16. The highest BCUT2D eigenvalue weighted by atomic mass is 16.5. The van der Waals surface area contributed by atoms with Gasteiger partial charge in [-0.25, -0.2) is 0 Å². The van der Waals surface area contributed by atoms with E-state index < -0.39 is 6.04 Å². The van der Waals surface area contributed by atoms with Crippen LogP contribution >= 0.6 is 0 Å². The van der Waals surface area contributed by atoms with Gasteiger partial charge in [0.15, 0.2) is 0 Å². The van der Waals surface area contributed by atoms with Gasteiger partial charge in [0, 0.05) is 12.2 Å². The summed E-state index contributed by atoms with van der Waals surface area (Å²) >= 11 is 0. The third-order valence-corrected chi connectivity index (χ3v) is 4.73. The molecule has 2 N–H and O–H groups in total. The van der Waals surface area contributed by atoms with Gasteiger partial charge in [0.25, 0.3) is 0 Å². The number of aryl methyl sites for hydroxylation is 2. The zero-order chi connectivity index (χ0) is 20.7. The average molecular weight is 383 g/mol. The lowest BCUT2D eigenvalue weighted by Crippen LogP contribution is -2.45. The van der Waals surface area contributed by atoms with Crippen LogP contribution in [0.2, 0.25) is 0 Å². The van der Waals surface area contributed by atoms with E-state index in [1.165, 1.54) is 0 Å². The normalized spacial score (nSPS) is 11.8. The third kappa shape index (κ3) is 6.09. The van der Waals surface area contributed by atoms with Gasteiger partial charge in [-0.2, -0.15) is 0 Å². The zero-order valence-electron chi connectivity index (χ0n) is 17.2. The van der Waals surface area contributed by atoms with Crippen molar-refractivity contribution in [3.63, 3.8) is 0 Å². The van der Waals surface area contributed by atoms with Crippen molar-refractivity contribution in [2.45, 2.75) is 33.4 Å². The predicted molar refractivity (Wildman–Crippen MR) is 111 cm³/mol. The first-order chi connectivity index (χ1) is 13.3. The number of anilines is 1. The van der Waals surface area contributed by atoms with Crippen molar-refractivity contribution in [2.75, 3.05) is 26.0 Å². The Bertz CT molecular complexity index is 818. The molecule has 0 unspecified atom stereocenters. The molecule has 0 heterocycles. The second-order valence-corrected chi connectivity index (χ2v) is 7.02. The molecular weight excluding hydrogens is 354 g/mol. The molecule has 28 heavy (non-hydrogen) atoms. The van der Waals surface area contributed by atoms with Crippen molar-refractivity contribution in [3.8, 4) is 5.75 Å². The van der Waals surface area contributed by atoms with Gasteiger partial charge in [0.2, 0.25) is 11.8 Å². The smallest absolute Gasteiger partial charge is 0.238 e. The van der Waals surface area contributed by atoms with Crippen LogP contribution in [-0.2, 0) is 16.1 Å². The van der Waals surface area contributed by atoms with Crippen LogP contribution in [0.5, 0.6) is 5.75 Å². The van der Waals surface area contributed by atoms with E-state index in [-0.39, 0.29) is 18.4 Å². The van der Waals surface area contributed by atoms with Gasteiger partial charge in [-0.15, -0.1) is 0 Å². The van der Waals surface area contributed by atoms with Gasteiger partial charge in [-0.3, -0.25) is 14.5 Å². The summed E-state index contributed by atoms with van der Waals surface area (Å²) in [6.45, 7) is 6.28. The molecule has 150 valence electrons. The Morgan fingerprint density at radius 2 is 1.79 bits per heavy atom. The van der Waals surface area contributed by atoms with Crippen molar-refractivity contribution in [1.29, 1.82) is 0 Å². The average Bonchev–Trinajstić information content (AvgIpc) is 2.68. The molecule has 2 aromatic rings. The highest BCUT2D eigenvalue weighted by Gasteiger charge is 2.20. The Hall–Kier alpha value is -2.86. The number of nitrogens with one attached hydrogen (secondary N) is 2. The van der Waals surface area contributed by atoms with Crippen LogP contribution in [0.25, 0.3) is 0 Å². The van der Waals surface area contributed by atoms with Gasteiger partial charge < -0.3 is 15.4 Å². The molecule has 0 aliphatic rings. The summed E-state index contributed by atoms with van der Waals surface area (Å²) in [6, 6.07) is 13.0. The molecule has 2 aromatic carbocycles. The van der Waals surface area contributed by atoms with E-state index in [0.29, 0.717) is 6.54 Å². The van der Waals surface area contributed by atoms with Gasteiger partial charge in [-0.05, 0) is 62.7 Å². The Morgan fingerprint density at radius 1 is 1.11 bits per heavy atom. The number of amides is 2. The van der Waals surface area contributed by atoms with Crippen molar-refractivity contribution in [3.05, 3.63) is 59.2 Å². The number of ether oxygens (including phenoxy) is 1. The van der Waals surface area contributed by atoms with Crippen molar-refractivity contribution >= 4 is 17.5 Å². The fraction of sp³-hybridized carbons (Fsp3) is 0.364. The maximum Gasteiger partial charge on any atom is 0.238 e. The van der Waals surface area contributed by atoms with Crippen molar-refractivity contribution in [1.82, 2.24) is 10.2 Å². The summed E-state index contributed by atoms with van der Waals surface area (Å²) in [5.41, 5.74) is 3.87. The predicted octanol–water partition coefficient (Wildman–Crippen LogP) is 2.89. The number of hydrogen-bond donors (Lipinski definition) is 2. The summed E-state index contributed by atoms with van der Waals surface area (Å²) in [5, 5.41) is 5.82. The van der Waals surface area contributed by atoms with Crippen LogP contribution in [0.4, 0.5) is 5.69 Å². The monoisotopic (exact) mass is 383 g/mol. The van der Waals surface area contributed by atoms with Gasteiger partial charge in [0.05, 0.1) is 19.7 Å². The molecule has 0 fully saturated rings. The SMILES string of the molecule is COc1ccc(CNC(=O)[C@H](C)N(C)CC(=O)Nc2cc(C)ccc2C)cc1. The number of hydrogen-bond acceptors (Lipinski definition) is 4. The molecule has 0 saturated carbocycles. The lowest BCUT2D eigenvalue weighted by molar-refractivity contribution is -0.126. The molecule has 6 nitrogen and oxygen atoms in total. The van der Waals surface area contributed by atoms with E-state index in [0.717, 1.165) is 28.1 Å². The van der Waals surface area contributed by atoms with Crippen LogP contribution in [0, 0.1) is 13.8 Å². The maximum absolute atomic E-state index is 12.4. The van der Waals surface area contributed by atoms with Gasteiger partial charge in [-0.1, -0.05) is 24.3 Å². The first-order valence-corrected chi connectivity index (χ1v) is 9.28. The number of methoxy groups -OCH3 is 1. The van der Waals surface area contributed by atoms with E-state index in [1.807, 2.05) is 56.3 Å². The summed E-state index contributed by atoms with van der Waals surface area (Å²) in [6.07, 6.45) is 0. The van der Waals surface area contributed by atoms with E-state index in [1.54, 1.807) is 26.0 Å².